The molecule has 0 bridgehead atoms. The molecule has 0 unspecified atom stereocenters. The Morgan fingerprint density at radius 1 is 1.21 bits per heavy atom. The molecule has 0 amide bonds. The Hall–Kier alpha value is -3.20. The van der Waals surface area contributed by atoms with Gasteiger partial charge in [0.25, 0.3) is 0 Å². The molecule has 0 aromatic heterocycles. The molecule has 2 rings (SSSR count). The number of aliphatic hydroxyl groups is 1. The third-order valence-corrected chi connectivity index (χ3v) is 5.43. The van der Waals surface area contributed by atoms with Crippen molar-refractivity contribution in [1.29, 1.82) is 0 Å². The Labute approximate surface area is 192 Å². The van der Waals surface area contributed by atoms with Gasteiger partial charge >= 0.3 is 23.9 Å². The quantitative estimate of drug-likeness (QED) is 0.273. The fourth-order valence-corrected chi connectivity index (χ4v) is 3.69. The Kier molecular flexibility index (Phi) is 9.16. The number of carbonyl (C=O) groups is 4. The van der Waals surface area contributed by atoms with Gasteiger partial charge in [-0.15, -0.1) is 0 Å². The van der Waals surface area contributed by atoms with Crippen molar-refractivity contribution >= 4 is 23.9 Å². The summed E-state index contributed by atoms with van der Waals surface area (Å²) in [6.45, 7) is 9.26. The van der Waals surface area contributed by atoms with Gasteiger partial charge < -0.3 is 24.1 Å². The molecule has 1 N–H and O–H groups in total. The van der Waals surface area contributed by atoms with Crippen LogP contribution in [0.4, 0.5) is 0 Å². The van der Waals surface area contributed by atoms with Crippen molar-refractivity contribution in [2.75, 3.05) is 13.2 Å². The van der Waals surface area contributed by atoms with Crippen molar-refractivity contribution in [1.82, 2.24) is 0 Å². The highest BCUT2D eigenvalue weighted by atomic mass is 16.6. The number of hydrogen-bond acceptors (Lipinski definition) is 9. The van der Waals surface area contributed by atoms with E-state index in [-0.39, 0.29) is 37.2 Å². The first-order valence-corrected chi connectivity index (χ1v) is 10.6. The van der Waals surface area contributed by atoms with E-state index in [4.69, 9.17) is 24.1 Å². The zero-order chi connectivity index (χ0) is 24.7. The minimum atomic E-state index is -0.861. The van der Waals surface area contributed by atoms with Gasteiger partial charge in [0.1, 0.15) is 24.9 Å². The van der Waals surface area contributed by atoms with Crippen LogP contribution in [0.1, 0.15) is 40.5 Å². The van der Waals surface area contributed by atoms with Crippen LogP contribution in [-0.2, 0) is 38.1 Å². The molecule has 33 heavy (non-hydrogen) atoms. The van der Waals surface area contributed by atoms with Gasteiger partial charge in [-0.3, -0.25) is 9.59 Å². The lowest BCUT2D eigenvalue weighted by Gasteiger charge is -2.29. The molecule has 4 atom stereocenters. The first-order valence-electron chi connectivity index (χ1n) is 10.6. The normalized spacial score (nSPS) is 25.8. The molecule has 0 spiro atoms. The predicted octanol–water partition coefficient (Wildman–Crippen LogP) is 2.10. The number of aliphatic hydroxyl groups excluding tert-OH is 1. The molecular weight excluding hydrogens is 432 g/mol. The van der Waals surface area contributed by atoms with Gasteiger partial charge in [-0.1, -0.05) is 12.7 Å². The van der Waals surface area contributed by atoms with E-state index in [0.29, 0.717) is 11.1 Å². The largest absolute Gasteiger partial charge is 0.461 e. The zero-order valence-corrected chi connectivity index (χ0v) is 19.3. The molecule has 1 aliphatic carbocycles. The van der Waals surface area contributed by atoms with Crippen molar-refractivity contribution in [2.24, 2.45) is 5.92 Å². The summed E-state index contributed by atoms with van der Waals surface area (Å²) in [6.07, 6.45) is 2.90. The van der Waals surface area contributed by atoms with Gasteiger partial charge in [0.15, 0.2) is 0 Å². The maximum atomic E-state index is 12.6. The Bertz CT molecular complexity index is 909. The van der Waals surface area contributed by atoms with Crippen LogP contribution in [-0.4, -0.2) is 60.5 Å². The lowest BCUT2D eigenvalue weighted by molar-refractivity contribution is -0.148. The minimum absolute atomic E-state index is 0.0664. The maximum absolute atomic E-state index is 12.6. The number of esters is 4. The van der Waals surface area contributed by atoms with Gasteiger partial charge in [0, 0.05) is 37.8 Å². The molecular formula is C24H30O9. The highest BCUT2D eigenvalue weighted by Gasteiger charge is 2.45. The summed E-state index contributed by atoms with van der Waals surface area (Å²) >= 11 is 0. The van der Waals surface area contributed by atoms with Gasteiger partial charge in [-0.25, -0.2) is 9.59 Å². The van der Waals surface area contributed by atoms with Crippen molar-refractivity contribution in [3.63, 3.8) is 0 Å². The number of carbonyl (C=O) groups excluding carboxylic acids is 4. The smallest absolute Gasteiger partial charge is 0.334 e. The van der Waals surface area contributed by atoms with Crippen LogP contribution in [0.2, 0.25) is 0 Å². The molecule has 0 aromatic rings. The molecule has 1 saturated heterocycles. The second-order valence-electron chi connectivity index (χ2n) is 8.03. The molecule has 0 saturated carbocycles. The van der Waals surface area contributed by atoms with E-state index < -0.39 is 48.1 Å². The van der Waals surface area contributed by atoms with Gasteiger partial charge in [-0.2, -0.15) is 0 Å². The monoisotopic (exact) mass is 462 g/mol. The van der Waals surface area contributed by atoms with Gasteiger partial charge in [-0.05, 0) is 37.1 Å². The highest BCUT2D eigenvalue weighted by molar-refractivity contribution is 5.92. The van der Waals surface area contributed by atoms with Crippen LogP contribution in [0.5, 0.6) is 0 Å². The van der Waals surface area contributed by atoms with Crippen LogP contribution in [0, 0.1) is 5.92 Å². The Morgan fingerprint density at radius 3 is 2.52 bits per heavy atom. The molecule has 0 aromatic carbocycles. The van der Waals surface area contributed by atoms with E-state index in [1.807, 2.05) is 0 Å². The average Bonchev–Trinajstić information content (AvgIpc) is 3.00. The fraction of sp³-hybridized carbons (Fsp3) is 0.500. The SMILES string of the molecule is C=C1C(=O)O[C@@H]2C=C(C)[C@H](OC(C)=O)CC=C(COC(C)=O)C[C@@H](OC(=O)C(C)=CCO)[C@@H]12. The lowest BCUT2D eigenvalue weighted by atomic mass is 9.85. The summed E-state index contributed by atoms with van der Waals surface area (Å²) in [7, 11) is 0. The van der Waals surface area contributed by atoms with Crippen LogP contribution in [0.25, 0.3) is 0 Å². The maximum Gasteiger partial charge on any atom is 0.334 e. The summed E-state index contributed by atoms with van der Waals surface area (Å²) in [5, 5.41) is 9.09. The molecule has 1 aliphatic heterocycles. The topological polar surface area (TPSA) is 125 Å². The number of fused-ring (bicyclic) bond motifs is 1. The third-order valence-electron chi connectivity index (χ3n) is 5.43. The van der Waals surface area contributed by atoms with E-state index in [1.54, 1.807) is 19.1 Å². The summed E-state index contributed by atoms with van der Waals surface area (Å²) in [4.78, 5) is 48.0. The number of hydrogen-bond donors (Lipinski definition) is 1. The first-order chi connectivity index (χ1) is 15.5. The van der Waals surface area contributed by atoms with E-state index in [1.165, 1.54) is 26.8 Å². The van der Waals surface area contributed by atoms with Crippen LogP contribution in [0.3, 0.4) is 0 Å². The van der Waals surface area contributed by atoms with Gasteiger partial charge in [0.2, 0.25) is 0 Å². The lowest BCUT2D eigenvalue weighted by Crippen LogP contribution is -2.35. The molecule has 1 fully saturated rings. The summed E-state index contributed by atoms with van der Waals surface area (Å²) in [5.74, 6) is -2.95. The molecule has 2 aliphatic rings. The Balaban J connectivity index is 2.50. The average molecular weight is 462 g/mol. The first kappa shape index (κ1) is 26.1. The van der Waals surface area contributed by atoms with Gasteiger partial charge in [0.05, 0.1) is 12.5 Å². The second-order valence-corrected chi connectivity index (χ2v) is 8.03. The molecule has 9 nitrogen and oxygen atoms in total. The molecule has 9 heteroatoms. The summed E-state index contributed by atoms with van der Waals surface area (Å²) in [5.41, 5.74) is 1.61. The number of ether oxygens (including phenoxy) is 4. The highest BCUT2D eigenvalue weighted by Crippen LogP contribution is 2.37. The van der Waals surface area contributed by atoms with Crippen LogP contribution in [0.15, 0.2) is 47.1 Å². The van der Waals surface area contributed by atoms with Crippen LogP contribution >= 0.6 is 0 Å². The fourth-order valence-electron chi connectivity index (χ4n) is 3.69. The minimum Gasteiger partial charge on any atom is -0.461 e. The second kappa shape index (κ2) is 11.6. The number of rotatable bonds is 6. The zero-order valence-electron chi connectivity index (χ0n) is 19.3. The van der Waals surface area contributed by atoms with Crippen LogP contribution < -0.4 is 0 Å². The summed E-state index contributed by atoms with van der Waals surface area (Å²) < 4.78 is 21.8. The van der Waals surface area contributed by atoms with Crippen molar-refractivity contribution in [3.05, 3.63) is 47.1 Å². The van der Waals surface area contributed by atoms with E-state index in [0.717, 1.165) is 0 Å². The summed E-state index contributed by atoms with van der Waals surface area (Å²) in [6, 6.07) is 0. The molecule has 1 heterocycles. The third kappa shape index (κ3) is 7.15. The van der Waals surface area contributed by atoms with Crippen molar-refractivity contribution < 1.29 is 43.2 Å². The van der Waals surface area contributed by atoms with E-state index >= 15 is 0 Å². The van der Waals surface area contributed by atoms with E-state index in [9.17, 15) is 19.2 Å². The molecule has 180 valence electrons. The van der Waals surface area contributed by atoms with Crippen molar-refractivity contribution in [2.45, 2.75) is 58.8 Å². The Morgan fingerprint density at radius 2 is 1.91 bits per heavy atom. The standard InChI is InChI=1S/C24H30O9/c1-13(8-9-25)23(28)32-21-11-18(12-30-16(4)26)6-7-19(31-17(5)27)14(2)10-20-22(21)15(3)24(29)33-20/h6,8,10,19-22,25H,3,7,9,11-12H2,1-2,4-5H3/t19-,20-,21-,22+/m1/s1. The van der Waals surface area contributed by atoms with Crippen molar-refractivity contribution in [3.8, 4) is 0 Å². The predicted molar refractivity (Wildman–Crippen MR) is 116 cm³/mol. The van der Waals surface area contributed by atoms with E-state index in [2.05, 4.69) is 6.58 Å². The molecule has 0 radical (unpaired) electrons.